The van der Waals surface area contributed by atoms with E-state index in [0.29, 0.717) is 19.5 Å². The van der Waals surface area contributed by atoms with Crippen molar-refractivity contribution in [1.82, 2.24) is 4.90 Å². The Hall–Kier alpha value is -0.640. The SMILES string of the molecule is C[C@@]1(C(=O)N2CCN(c3ccccc3Cl)CC2)CC1(Cl)Cl. The van der Waals surface area contributed by atoms with Gasteiger partial charge in [0.15, 0.2) is 0 Å². The molecule has 2 aliphatic rings. The minimum absolute atomic E-state index is 0.0614. The highest BCUT2D eigenvalue weighted by Gasteiger charge is 2.68. The summed E-state index contributed by atoms with van der Waals surface area (Å²) < 4.78 is -0.899. The van der Waals surface area contributed by atoms with E-state index in [2.05, 4.69) is 4.90 Å². The van der Waals surface area contributed by atoms with Crippen LogP contribution in [0.1, 0.15) is 13.3 Å². The number of hydrogen-bond donors (Lipinski definition) is 0. The number of piperazine rings is 1. The smallest absolute Gasteiger partial charge is 0.231 e. The molecule has 0 unspecified atom stereocenters. The third kappa shape index (κ3) is 2.60. The number of amides is 1. The molecule has 6 heteroatoms. The lowest BCUT2D eigenvalue weighted by Gasteiger charge is -2.37. The molecule has 114 valence electrons. The van der Waals surface area contributed by atoms with Gasteiger partial charge in [-0.3, -0.25) is 4.79 Å². The largest absolute Gasteiger partial charge is 0.367 e. The molecule has 3 nitrogen and oxygen atoms in total. The second kappa shape index (κ2) is 5.22. The zero-order valence-electron chi connectivity index (χ0n) is 11.8. The predicted molar refractivity (Wildman–Crippen MR) is 87.4 cm³/mol. The molecule has 21 heavy (non-hydrogen) atoms. The molecule has 2 fully saturated rings. The van der Waals surface area contributed by atoms with Gasteiger partial charge < -0.3 is 9.80 Å². The van der Waals surface area contributed by atoms with E-state index in [9.17, 15) is 4.79 Å². The summed E-state index contributed by atoms with van der Waals surface area (Å²) in [7, 11) is 0. The number of rotatable bonds is 2. The average molecular weight is 348 g/mol. The van der Waals surface area contributed by atoms with Crippen molar-refractivity contribution in [3.05, 3.63) is 29.3 Å². The molecule has 1 aliphatic carbocycles. The number of carbonyl (C=O) groups excluding carboxylic acids is 1. The first-order valence-electron chi connectivity index (χ1n) is 7.02. The van der Waals surface area contributed by atoms with Crippen LogP contribution in [-0.4, -0.2) is 41.3 Å². The third-order valence-electron chi connectivity index (χ3n) is 4.49. The van der Waals surface area contributed by atoms with Gasteiger partial charge in [0.25, 0.3) is 0 Å². The number of benzene rings is 1. The fourth-order valence-corrected chi connectivity index (χ4v) is 3.79. The van der Waals surface area contributed by atoms with Crippen LogP contribution in [-0.2, 0) is 4.79 Å². The average Bonchev–Trinajstić information content (AvgIpc) is 2.99. The van der Waals surface area contributed by atoms with Crippen LogP contribution >= 0.6 is 34.8 Å². The Labute approximate surface area is 139 Å². The van der Waals surface area contributed by atoms with E-state index in [-0.39, 0.29) is 5.91 Å². The summed E-state index contributed by atoms with van der Waals surface area (Å²) in [5, 5.41) is 0.743. The first-order valence-corrected chi connectivity index (χ1v) is 8.15. The fraction of sp³-hybridized carbons (Fsp3) is 0.533. The number of halogens is 3. The third-order valence-corrected chi connectivity index (χ3v) is 5.91. The lowest BCUT2D eigenvalue weighted by Crippen LogP contribution is -2.51. The van der Waals surface area contributed by atoms with Crippen LogP contribution in [0, 0.1) is 5.41 Å². The highest BCUT2D eigenvalue weighted by atomic mass is 35.5. The van der Waals surface area contributed by atoms with Crippen molar-refractivity contribution < 1.29 is 4.79 Å². The lowest BCUT2D eigenvalue weighted by atomic mass is 10.1. The van der Waals surface area contributed by atoms with Gasteiger partial charge in [-0.2, -0.15) is 0 Å². The maximum atomic E-state index is 12.5. The second-order valence-electron chi connectivity index (χ2n) is 5.94. The van der Waals surface area contributed by atoms with E-state index in [1.807, 2.05) is 36.1 Å². The van der Waals surface area contributed by atoms with Crippen molar-refractivity contribution >= 4 is 46.4 Å². The summed E-state index contributed by atoms with van der Waals surface area (Å²) >= 11 is 18.4. The normalized spacial score (nSPS) is 27.6. The van der Waals surface area contributed by atoms with E-state index in [1.54, 1.807) is 0 Å². The van der Waals surface area contributed by atoms with Crippen LogP contribution in [0.3, 0.4) is 0 Å². The van der Waals surface area contributed by atoms with E-state index in [0.717, 1.165) is 23.8 Å². The summed E-state index contributed by atoms with van der Waals surface area (Å²) in [5.41, 5.74) is 0.399. The molecule has 1 amide bonds. The Bertz CT molecular complexity index is 570. The molecule has 0 radical (unpaired) electrons. The van der Waals surface area contributed by atoms with Crippen LogP contribution in [0.2, 0.25) is 5.02 Å². The molecule has 1 aromatic rings. The van der Waals surface area contributed by atoms with E-state index in [4.69, 9.17) is 34.8 Å². The maximum Gasteiger partial charge on any atom is 0.231 e. The van der Waals surface area contributed by atoms with Gasteiger partial charge in [-0.15, -0.1) is 23.2 Å². The Morgan fingerprint density at radius 1 is 1.14 bits per heavy atom. The van der Waals surface area contributed by atoms with Gasteiger partial charge in [0.1, 0.15) is 4.33 Å². The van der Waals surface area contributed by atoms with Crippen LogP contribution in [0.4, 0.5) is 5.69 Å². The first-order chi connectivity index (χ1) is 9.85. The van der Waals surface area contributed by atoms with Crippen molar-refractivity contribution in [2.45, 2.75) is 17.7 Å². The molecule has 1 aromatic carbocycles. The quantitative estimate of drug-likeness (QED) is 0.764. The molecule has 1 saturated carbocycles. The molecule has 0 spiro atoms. The summed E-state index contributed by atoms with van der Waals surface area (Å²) in [6, 6.07) is 7.78. The van der Waals surface area contributed by atoms with Crippen LogP contribution in [0.15, 0.2) is 24.3 Å². The molecule has 1 atom stereocenters. The van der Waals surface area contributed by atoms with Crippen molar-refractivity contribution in [3.63, 3.8) is 0 Å². The van der Waals surface area contributed by atoms with Crippen LogP contribution in [0.5, 0.6) is 0 Å². The predicted octanol–water partition coefficient (Wildman–Crippen LogP) is 3.57. The number of anilines is 1. The van der Waals surface area contributed by atoms with Crippen molar-refractivity contribution in [1.29, 1.82) is 0 Å². The molecule has 1 aliphatic heterocycles. The van der Waals surface area contributed by atoms with Crippen LogP contribution < -0.4 is 4.90 Å². The molecule has 0 bridgehead atoms. The van der Waals surface area contributed by atoms with Crippen molar-refractivity contribution in [2.24, 2.45) is 5.41 Å². The van der Waals surface area contributed by atoms with E-state index >= 15 is 0 Å². The Morgan fingerprint density at radius 2 is 1.71 bits per heavy atom. The minimum atomic E-state index is -0.899. The molecule has 3 rings (SSSR count). The van der Waals surface area contributed by atoms with Crippen molar-refractivity contribution in [2.75, 3.05) is 31.1 Å². The monoisotopic (exact) mass is 346 g/mol. The van der Waals surface area contributed by atoms with E-state index < -0.39 is 9.75 Å². The summed E-state index contributed by atoms with van der Waals surface area (Å²) in [5.74, 6) is 0.0614. The zero-order chi connectivity index (χ0) is 15.3. The van der Waals surface area contributed by atoms with Gasteiger partial charge in [0.05, 0.1) is 16.1 Å². The maximum absolute atomic E-state index is 12.5. The van der Waals surface area contributed by atoms with Gasteiger partial charge >= 0.3 is 0 Å². The lowest BCUT2D eigenvalue weighted by molar-refractivity contribution is -0.136. The minimum Gasteiger partial charge on any atom is -0.367 e. The number of para-hydroxylation sites is 1. The molecule has 0 aromatic heterocycles. The molecular weight excluding hydrogens is 331 g/mol. The van der Waals surface area contributed by atoms with Gasteiger partial charge in [-0.25, -0.2) is 0 Å². The van der Waals surface area contributed by atoms with Crippen LogP contribution in [0.25, 0.3) is 0 Å². The summed E-state index contributed by atoms with van der Waals surface area (Å²) in [6.45, 7) is 4.72. The molecule has 1 heterocycles. The van der Waals surface area contributed by atoms with Crippen molar-refractivity contribution in [3.8, 4) is 0 Å². The zero-order valence-corrected chi connectivity index (χ0v) is 14.0. The summed E-state index contributed by atoms with van der Waals surface area (Å²) in [4.78, 5) is 16.6. The Balaban J connectivity index is 1.64. The fourth-order valence-electron chi connectivity index (χ4n) is 2.84. The van der Waals surface area contributed by atoms with E-state index in [1.165, 1.54) is 0 Å². The first kappa shape index (κ1) is 15.3. The Kier molecular flexibility index (Phi) is 3.79. The number of alkyl halides is 2. The molecular formula is C15H17Cl3N2O. The second-order valence-corrected chi connectivity index (χ2v) is 7.84. The Morgan fingerprint density at radius 3 is 2.24 bits per heavy atom. The topological polar surface area (TPSA) is 23.6 Å². The van der Waals surface area contributed by atoms with Gasteiger partial charge in [0, 0.05) is 26.2 Å². The summed E-state index contributed by atoms with van der Waals surface area (Å²) in [6.07, 6.45) is 0.534. The highest BCUT2D eigenvalue weighted by molar-refractivity contribution is 6.53. The number of carbonyl (C=O) groups is 1. The number of hydrogen-bond acceptors (Lipinski definition) is 2. The highest BCUT2D eigenvalue weighted by Crippen LogP contribution is 2.64. The van der Waals surface area contributed by atoms with Gasteiger partial charge in [0.2, 0.25) is 5.91 Å². The van der Waals surface area contributed by atoms with Gasteiger partial charge in [-0.05, 0) is 25.5 Å². The molecule has 1 saturated heterocycles. The number of nitrogens with zero attached hydrogens (tertiary/aromatic N) is 2. The molecule has 0 N–H and O–H groups in total. The standard InChI is InChI=1S/C15H17Cl3N2O/c1-14(10-15(14,17)18)13(21)20-8-6-19(7-9-20)12-5-3-2-4-11(12)16/h2-5H,6-10H2,1H3/t14-/m0/s1. The van der Waals surface area contributed by atoms with Gasteiger partial charge in [-0.1, -0.05) is 23.7 Å².